The van der Waals surface area contributed by atoms with Gasteiger partial charge >= 0.3 is 0 Å². The van der Waals surface area contributed by atoms with Crippen molar-refractivity contribution >= 4 is 43.6 Å². The number of hydrogen-bond donors (Lipinski definition) is 1. The highest BCUT2D eigenvalue weighted by Gasteiger charge is 2.25. The van der Waals surface area contributed by atoms with Gasteiger partial charge in [-0.1, -0.05) is 130 Å². The molecule has 0 fully saturated rings. The molecule has 0 bridgehead atoms. The van der Waals surface area contributed by atoms with Gasteiger partial charge in [0.25, 0.3) is 0 Å². The van der Waals surface area contributed by atoms with Crippen molar-refractivity contribution < 1.29 is 0 Å². The number of nitrogens with zero attached hydrogens (tertiary/aromatic N) is 3. The predicted molar refractivity (Wildman–Crippen MR) is 226 cm³/mol. The minimum atomic E-state index is -0.0851. The van der Waals surface area contributed by atoms with E-state index in [0.29, 0.717) is 0 Å². The van der Waals surface area contributed by atoms with Crippen LogP contribution in [0, 0.1) is 0 Å². The lowest BCUT2D eigenvalue weighted by Gasteiger charge is -2.21. The molecule has 3 heterocycles. The van der Waals surface area contributed by atoms with Gasteiger partial charge in [0.2, 0.25) is 0 Å². The van der Waals surface area contributed by atoms with Gasteiger partial charge < -0.3 is 4.98 Å². The van der Waals surface area contributed by atoms with Gasteiger partial charge in [-0.15, -0.1) is 0 Å². The van der Waals surface area contributed by atoms with E-state index in [-0.39, 0.29) is 5.41 Å². The fourth-order valence-corrected chi connectivity index (χ4v) is 8.05. The number of rotatable bonds is 5. The van der Waals surface area contributed by atoms with Gasteiger partial charge in [0, 0.05) is 44.7 Å². The number of benzene rings is 7. The van der Waals surface area contributed by atoms with Gasteiger partial charge in [-0.05, 0) is 87.5 Å². The standard InChI is InChI=1S/C50H38N4/c1-50(2,3)35-30-41-39-21-9-11-24-44(39)52-47(41)42(31-35)49-53-48-38(34-28-33-18-7-8-19-36(33)40(29-34)43-23-13-14-27-51-43)22-15-26-46(48)54(49)45-25-12-10-20-37(45)32-16-5-4-6-17-32/h4-31,52H,1-3H3. The summed E-state index contributed by atoms with van der Waals surface area (Å²) < 4.78 is 2.38. The summed E-state index contributed by atoms with van der Waals surface area (Å²) in [7, 11) is 0. The molecule has 4 heteroatoms. The number of nitrogens with one attached hydrogen (secondary N) is 1. The first-order valence-corrected chi connectivity index (χ1v) is 18.6. The lowest BCUT2D eigenvalue weighted by Crippen LogP contribution is -2.11. The molecule has 10 rings (SSSR count). The Morgan fingerprint density at radius 2 is 1.28 bits per heavy atom. The molecule has 258 valence electrons. The van der Waals surface area contributed by atoms with E-state index in [2.05, 4.69) is 188 Å². The zero-order chi connectivity index (χ0) is 36.4. The quantitative estimate of drug-likeness (QED) is 0.195. The second-order valence-electron chi connectivity index (χ2n) is 15.2. The summed E-state index contributed by atoms with van der Waals surface area (Å²) in [6.45, 7) is 6.87. The highest BCUT2D eigenvalue weighted by atomic mass is 15.1. The molecule has 3 aromatic heterocycles. The summed E-state index contributed by atoms with van der Waals surface area (Å²) in [5.41, 5.74) is 14.1. The largest absolute Gasteiger partial charge is 0.354 e. The maximum absolute atomic E-state index is 5.72. The van der Waals surface area contributed by atoms with Crippen molar-refractivity contribution in [1.82, 2.24) is 19.5 Å². The van der Waals surface area contributed by atoms with Crippen LogP contribution in [0.3, 0.4) is 0 Å². The number of fused-ring (bicyclic) bond motifs is 5. The van der Waals surface area contributed by atoms with Crippen LogP contribution in [0.2, 0.25) is 0 Å². The van der Waals surface area contributed by atoms with E-state index in [0.717, 1.165) is 72.7 Å². The molecule has 0 aliphatic carbocycles. The molecule has 0 atom stereocenters. The first kappa shape index (κ1) is 31.9. The molecule has 0 unspecified atom stereocenters. The smallest absolute Gasteiger partial charge is 0.147 e. The van der Waals surface area contributed by atoms with Gasteiger partial charge in [0.15, 0.2) is 0 Å². The van der Waals surface area contributed by atoms with E-state index >= 15 is 0 Å². The van der Waals surface area contributed by atoms with E-state index in [4.69, 9.17) is 9.97 Å². The van der Waals surface area contributed by atoms with Crippen molar-refractivity contribution in [2.75, 3.05) is 0 Å². The number of aromatic amines is 1. The molecule has 54 heavy (non-hydrogen) atoms. The summed E-state index contributed by atoms with van der Waals surface area (Å²) in [6.07, 6.45) is 1.87. The van der Waals surface area contributed by atoms with Crippen molar-refractivity contribution in [3.05, 3.63) is 176 Å². The van der Waals surface area contributed by atoms with Gasteiger partial charge in [-0.25, -0.2) is 4.98 Å². The molecule has 0 aliphatic rings. The number of H-pyrrole nitrogens is 1. The van der Waals surface area contributed by atoms with E-state index in [1.807, 2.05) is 12.3 Å². The van der Waals surface area contributed by atoms with Crippen LogP contribution in [0.25, 0.3) is 94.2 Å². The SMILES string of the molecule is CC(C)(C)c1cc(-c2nc3c(-c4cc(-c5ccccn5)c5ccccc5c4)cccc3n2-c2ccccc2-c2ccccc2)c2[nH]c3ccccc3c2c1. The van der Waals surface area contributed by atoms with E-state index < -0.39 is 0 Å². The first-order valence-electron chi connectivity index (χ1n) is 18.6. The number of para-hydroxylation sites is 3. The molecule has 0 aliphatic heterocycles. The topological polar surface area (TPSA) is 46.5 Å². The lowest BCUT2D eigenvalue weighted by atomic mass is 9.85. The highest BCUT2D eigenvalue weighted by Crippen LogP contribution is 2.43. The van der Waals surface area contributed by atoms with Crippen LogP contribution in [0.4, 0.5) is 0 Å². The Morgan fingerprint density at radius 3 is 2.11 bits per heavy atom. The van der Waals surface area contributed by atoms with Crippen LogP contribution in [0.1, 0.15) is 26.3 Å². The zero-order valence-electron chi connectivity index (χ0n) is 30.5. The summed E-state index contributed by atoms with van der Waals surface area (Å²) in [5.74, 6) is 0.897. The molecule has 4 nitrogen and oxygen atoms in total. The maximum Gasteiger partial charge on any atom is 0.147 e. The van der Waals surface area contributed by atoms with E-state index in [1.54, 1.807) is 0 Å². The monoisotopic (exact) mass is 694 g/mol. The third kappa shape index (κ3) is 5.21. The summed E-state index contributed by atoms with van der Waals surface area (Å²) in [4.78, 5) is 14.3. The Balaban J connectivity index is 1.33. The summed E-state index contributed by atoms with van der Waals surface area (Å²) in [6, 6.07) is 58.6. The van der Waals surface area contributed by atoms with Crippen LogP contribution < -0.4 is 0 Å². The van der Waals surface area contributed by atoms with Crippen LogP contribution >= 0.6 is 0 Å². The van der Waals surface area contributed by atoms with Crippen molar-refractivity contribution in [3.63, 3.8) is 0 Å². The molecule has 0 radical (unpaired) electrons. The molecule has 7 aromatic carbocycles. The van der Waals surface area contributed by atoms with Crippen LogP contribution in [0.15, 0.2) is 170 Å². The maximum atomic E-state index is 5.72. The third-order valence-electron chi connectivity index (χ3n) is 10.8. The molecule has 10 aromatic rings. The number of imidazole rings is 1. The third-order valence-corrected chi connectivity index (χ3v) is 10.8. The number of aromatic nitrogens is 4. The molecule has 0 saturated carbocycles. The normalized spacial score (nSPS) is 12.0. The average molecular weight is 695 g/mol. The molecule has 0 spiro atoms. The van der Waals surface area contributed by atoms with Gasteiger partial charge in [0.1, 0.15) is 5.82 Å². The fraction of sp³-hybridized carbons (Fsp3) is 0.0800. The second-order valence-corrected chi connectivity index (χ2v) is 15.2. The highest BCUT2D eigenvalue weighted by molar-refractivity contribution is 6.13. The zero-order valence-corrected chi connectivity index (χ0v) is 30.5. The van der Waals surface area contributed by atoms with E-state index in [1.165, 1.54) is 27.1 Å². The van der Waals surface area contributed by atoms with Crippen molar-refractivity contribution in [2.45, 2.75) is 26.2 Å². The Morgan fingerprint density at radius 1 is 0.537 bits per heavy atom. The van der Waals surface area contributed by atoms with Gasteiger partial charge in [-0.3, -0.25) is 9.55 Å². The van der Waals surface area contributed by atoms with Gasteiger partial charge in [0.05, 0.1) is 27.9 Å². The Hall–Kier alpha value is -6.78. The van der Waals surface area contributed by atoms with Crippen LogP contribution in [0.5, 0.6) is 0 Å². The number of hydrogen-bond acceptors (Lipinski definition) is 2. The van der Waals surface area contributed by atoms with Crippen molar-refractivity contribution in [1.29, 1.82) is 0 Å². The number of pyridine rings is 1. The Kier molecular flexibility index (Phi) is 7.34. The fourth-order valence-electron chi connectivity index (χ4n) is 8.05. The molecular weight excluding hydrogens is 657 g/mol. The first-order chi connectivity index (χ1) is 26.4. The lowest BCUT2D eigenvalue weighted by molar-refractivity contribution is 0.591. The van der Waals surface area contributed by atoms with Crippen LogP contribution in [-0.4, -0.2) is 19.5 Å². The minimum Gasteiger partial charge on any atom is -0.354 e. The minimum absolute atomic E-state index is 0.0851. The summed E-state index contributed by atoms with van der Waals surface area (Å²) >= 11 is 0. The van der Waals surface area contributed by atoms with Crippen molar-refractivity contribution in [2.24, 2.45) is 0 Å². The molecule has 1 N–H and O–H groups in total. The van der Waals surface area contributed by atoms with E-state index in [9.17, 15) is 0 Å². The second kappa shape index (κ2) is 12.4. The van der Waals surface area contributed by atoms with Gasteiger partial charge in [-0.2, -0.15) is 0 Å². The Bertz CT molecular complexity index is 3020. The van der Waals surface area contributed by atoms with Crippen LogP contribution in [-0.2, 0) is 5.41 Å². The predicted octanol–water partition coefficient (Wildman–Crippen LogP) is 13.2. The molecular formula is C50H38N4. The molecule has 0 amide bonds. The Labute approximate surface area is 314 Å². The molecule has 0 saturated heterocycles. The average Bonchev–Trinajstić information content (AvgIpc) is 3.79. The van der Waals surface area contributed by atoms with Crippen molar-refractivity contribution in [3.8, 4) is 50.6 Å². The summed E-state index contributed by atoms with van der Waals surface area (Å²) in [5, 5.41) is 4.76.